The summed E-state index contributed by atoms with van der Waals surface area (Å²) < 4.78 is 37.6. The molecular formula is C31H33BFNO5. The summed E-state index contributed by atoms with van der Waals surface area (Å²) in [4.78, 5) is 12.9. The molecule has 1 aliphatic carbocycles. The van der Waals surface area contributed by atoms with Gasteiger partial charge in [-0.2, -0.15) is 0 Å². The smallest absolute Gasteiger partial charge is 0.492 e. The van der Waals surface area contributed by atoms with Crippen LogP contribution in [-0.2, 0) is 14.0 Å². The highest BCUT2D eigenvalue weighted by atomic mass is 19.1. The third-order valence-corrected chi connectivity index (χ3v) is 7.82. The standard InChI is InChI=1S/C31H33BFNO5/c1-30(2)31(3,4)39-32(38-30)21(14-20-15-22(33)17-23(16-20)36-5)18-34-29(35)37-19-28-26-12-8-6-10-24(26)25-11-7-9-13-27(25)28/h6-17,28H,18-19H2,1-5H3,(H,34,35). The summed E-state index contributed by atoms with van der Waals surface area (Å²) in [7, 11) is 0.744. The lowest BCUT2D eigenvalue weighted by Crippen LogP contribution is -2.41. The van der Waals surface area contributed by atoms with Crippen molar-refractivity contribution in [2.75, 3.05) is 20.3 Å². The van der Waals surface area contributed by atoms with Gasteiger partial charge in [-0.25, -0.2) is 9.18 Å². The van der Waals surface area contributed by atoms with E-state index in [0.29, 0.717) is 16.8 Å². The van der Waals surface area contributed by atoms with Crippen LogP contribution < -0.4 is 10.1 Å². The van der Waals surface area contributed by atoms with Gasteiger partial charge in [0.2, 0.25) is 0 Å². The van der Waals surface area contributed by atoms with E-state index in [-0.39, 0.29) is 19.1 Å². The summed E-state index contributed by atoms with van der Waals surface area (Å²) in [6.07, 6.45) is 1.19. The maximum Gasteiger partial charge on any atom is 0.492 e. The average Bonchev–Trinajstić information content (AvgIpc) is 3.33. The van der Waals surface area contributed by atoms with Crippen LogP contribution in [-0.4, -0.2) is 44.7 Å². The molecule has 1 saturated heterocycles. The van der Waals surface area contributed by atoms with Crippen LogP contribution in [0.25, 0.3) is 17.2 Å². The number of amides is 1. The lowest BCUT2D eigenvalue weighted by Gasteiger charge is -2.32. The van der Waals surface area contributed by atoms with Gasteiger partial charge >= 0.3 is 13.2 Å². The third kappa shape index (κ3) is 5.44. The number of carbonyl (C=O) groups is 1. The topological polar surface area (TPSA) is 66.0 Å². The molecule has 0 radical (unpaired) electrons. The highest BCUT2D eigenvalue weighted by Crippen LogP contribution is 2.44. The van der Waals surface area contributed by atoms with E-state index < -0.39 is 30.2 Å². The minimum Gasteiger partial charge on any atom is -0.497 e. The van der Waals surface area contributed by atoms with E-state index in [1.807, 2.05) is 52.0 Å². The van der Waals surface area contributed by atoms with Crippen LogP contribution in [0.5, 0.6) is 5.75 Å². The fraction of sp³-hybridized carbons (Fsp3) is 0.323. The first-order valence-electron chi connectivity index (χ1n) is 13.1. The Morgan fingerprint density at radius 3 is 2.15 bits per heavy atom. The highest BCUT2D eigenvalue weighted by molar-refractivity contribution is 6.56. The van der Waals surface area contributed by atoms with Gasteiger partial charge in [-0.1, -0.05) is 54.6 Å². The van der Waals surface area contributed by atoms with Crippen LogP contribution in [0.1, 0.15) is 50.3 Å². The summed E-state index contributed by atoms with van der Waals surface area (Å²) >= 11 is 0. The number of fused-ring (bicyclic) bond motifs is 3. The van der Waals surface area contributed by atoms with Crippen molar-refractivity contribution < 1.29 is 28.0 Å². The lowest BCUT2D eigenvalue weighted by molar-refractivity contribution is 0.00578. The van der Waals surface area contributed by atoms with Gasteiger partial charge in [-0.05, 0) is 73.1 Å². The van der Waals surface area contributed by atoms with Gasteiger partial charge in [0.05, 0.1) is 18.3 Å². The Morgan fingerprint density at radius 1 is 0.974 bits per heavy atom. The molecule has 6 nitrogen and oxygen atoms in total. The molecule has 0 atom stereocenters. The molecule has 3 aromatic rings. The molecule has 1 N–H and O–H groups in total. The van der Waals surface area contributed by atoms with Crippen molar-refractivity contribution in [3.05, 3.63) is 94.7 Å². The molecule has 2 aliphatic rings. The minimum absolute atomic E-state index is 0.0407. The Bertz CT molecular complexity index is 1360. The van der Waals surface area contributed by atoms with E-state index in [1.165, 1.54) is 30.4 Å². The van der Waals surface area contributed by atoms with Gasteiger partial charge in [0.15, 0.2) is 0 Å². The number of benzene rings is 3. The van der Waals surface area contributed by atoms with Gasteiger partial charge in [-0.3, -0.25) is 0 Å². The van der Waals surface area contributed by atoms with Crippen molar-refractivity contribution in [1.29, 1.82) is 0 Å². The fourth-order valence-electron chi connectivity index (χ4n) is 5.02. The normalized spacial score (nSPS) is 17.5. The molecule has 39 heavy (non-hydrogen) atoms. The molecule has 202 valence electrons. The van der Waals surface area contributed by atoms with Gasteiger partial charge < -0.3 is 24.1 Å². The average molecular weight is 529 g/mol. The van der Waals surface area contributed by atoms with Gasteiger partial charge in [-0.15, -0.1) is 0 Å². The summed E-state index contributed by atoms with van der Waals surface area (Å²) in [6.45, 7) is 8.11. The van der Waals surface area contributed by atoms with Gasteiger partial charge in [0.25, 0.3) is 0 Å². The van der Waals surface area contributed by atoms with Crippen molar-refractivity contribution in [2.45, 2.75) is 44.8 Å². The second-order valence-corrected chi connectivity index (χ2v) is 10.9. The summed E-state index contributed by atoms with van der Waals surface area (Å²) in [5, 5.41) is 2.84. The largest absolute Gasteiger partial charge is 0.497 e. The Labute approximate surface area is 229 Å². The number of carbonyl (C=O) groups excluding carboxylic acids is 1. The van der Waals surface area contributed by atoms with Crippen molar-refractivity contribution in [3.63, 3.8) is 0 Å². The van der Waals surface area contributed by atoms with Crippen molar-refractivity contribution in [2.24, 2.45) is 0 Å². The number of hydrogen-bond acceptors (Lipinski definition) is 5. The van der Waals surface area contributed by atoms with E-state index in [0.717, 1.165) is 11.1 Å². The quantitative estimate of drug-likeness (QED) is 0.360. The molecular weight excluding hydrogens is 496 g/mol. The highest BCUT2D eigenvalue weighted by Gasteiger charge is 2.52. The Hall–Kier alpha value is -3.62. The molecule has 0 spiro atoms. The van der Waals surface area contributed by atoms with Gasteiger partial charge in [0.1, 0.15) is 18.2 Å². The first-order chi connectivity index (χ1) is 18.6. The zero-order valence-electron chi connectivity index (χ0n) is 22.9. The number of nitrogens with one attached hydrogen (secondary N) is 1. The minimum atomic E-state index is -0.738. The number of methoxy groups -OCH3 is 1. The van der Waals surface area contributed by atoms with Crippen molar-refractivity contribution in [1.82, 2.24) is 5.32 Å². The Balaban J connectivity index is 1.32. The molecule has 0 unspecified atom stereocenters. The zero-order valence-corrected chi connectivity index (χ0v) is 22.9. The van der Waals surface area contributed by atoms with E-state index in [2.05, 4.69) is 29.6 Å². The molecule has 0 aromatic heterocycles. The van der Waals surface area contributed by atoms with Crippen molar-refractivity contribution >= 4 is 19.3 Å². The molecule has 1 amide bonds. The molecule has 0 saturated carbocycles. The Kier molecular flexibility index (Phi) is 7.27. The number of ether oxygens (including phenoxy) is 2. The van der Waals surface area contributed by atoms with Crippen LogP contribution >= 0.6 is 0 Å². The number of alkyl carbamates (subject to hydrolysis) is 1. The van der Waals surface area contributed by atoms with E-state index in [4.69, 9.17) is 18.8 Å². The van der Waals surface area contributed by atoms with Crippen LogP contribution in [0.4, 0.5) is 9.18 Å². The zero-order chi connectivity index (χ0) is 27.8. The first kappa shape index (κ1) is 27.0. The predicted octanol–water partition coefficient (Wildman–Crippen LogP) is 6.39. The molecule has 1 heterocycles. The number of halogens is 1. The molecule has 0 bridgehead atoms. The SMILES string of the molecule is COc1cc(F)cc(C=C(CNC(=O)OCC2c3ccccc3-c3ccccc32)B2OC(C)(C)C(C)(C)O2)c1. The van der Waals surface area contributed by atoms with Gasteiger partial charge in [0, 0.05) is 18.5 Å². The van der Waals surface area contributed by atoms with Crippen LogP contribution in [0.3, 0.4) is 0 Å². The molecule has 1 aliphatic heterocycles. The molecule has 3 aromatic carbocycles. The summed E-state index contributed by atoms with van der Waals surface area (Å²) in [5.74, 6) is -0.0848. The molecule has 1 fully saturated rings. The third-order valence-electron chi connectivity index (χ3n) is 7.82. The second-order valence-electron chi connectivity index (χ2n) is 10.9. The maximum absolute atomic E-state index is 14.2. The van der Waals surface area contributed by atoms with E-state index >= 15 is 0 Å². The van der Waals surface area contributed by atoms with E-state index in [1.54, 1.807) is 12.1 Å². The van der Waals surface area contributed by atoms with Crippen molar-refractivity contribution in [3.8, 4) is 16.9 Å². The summed E-state index contributed by atoms with van der Waals surface area (Å²) in [6, 6.07) is 20.8. The van der Waals surface area contributed by atoms with Crippen LogP contribution in [0, 0.1) is 5.82 Å². The fourth-order valence-corrected chi connectivity index (χ4v) is 5.02. The van der Waals surface area contributed by atoms with E-state index in [9.17, 15) is 9.18 Å². The maximum atomic E-state index is 14.2. The lowest BCUT2D eigenvalue weighted by atomic mass is 9.77. The Morgan fingerprint density at radius 2 is 1.56 bits per heavy atom. The number of rotatable bonds is 7. The number of hydrogen-bond donors (Lipinski definition) is 1. The second kappa shape index (κ2) is 10.5. The summed E-state index contributed by atoms with van der Waals surface area (Å²) in [5.41, 5.74) is 4.63. The van der Waals surface area contributed by atoms with Crippen LogP contribution in [0.2, 0.25) is 0 Å². The predicted molar refractivity (Wildman–Crippen MR) is 150 cm³/mol. The monoisotopic (exact) mass is 529 g/mol. The first-order valence-corrected chi connectivity index (χ1v) is 13.1. The molecule has 5 rings (SSSR count). The molecule has 8 heteroatoms. The van der Waals surface area contributed by atoms with Crippen LogP contribution in [0.15, 0.2) is 72.2 Å².